The second kappa shape index (κ2) is 9.11. The first kappa shape index (κ1) is 20.1. The fourth-order valence-electron chi connectivity index (χ4n) is 4.47. The molecule has 8 heteroatoms. The van der Waals surface area contributed by atoms with Crippen molar-refractivity contribution in [3.63, 3.8) is 0 Å². The molecule has 0 bridgehead atoms. The summed E-state index contributed by atoms with van der Waals surface area (Å²) in [6.45, 7) is 7.56. The maximum Gasteiger partial charge on any atom is 0.266 e. The van der Waals surface area contributed by atoms with Gasteiger partial charge in [0, 0.05) is 82.5 Å². The number of hydrogen-bond donors (Lipinski definition) is 0. The zero-order valence-corrected chi connectivity index (χ0v) is 17.9. The first-order valence-electron chi connectivity index (χ1n) is 11.2. The summed E-state index contributed by atoms with van der Waals surface area (Å²) in [6.07, 6.45) is 9.37. The van der Waals surface area contributed by atoms with Crippen LogP contribution in [0.4, 0.5) is 0 Å². The lowest BCUT2D eigenvalue weighted by Gasteiger charge is -2.34. The van der Waals surface area contributed by atoms with Crippen molar-refractivity contribution in [1.82, 2.24) is 34.1 Å². The lowest BCUT2D eigenvalue weighted by atomic mass is 10.2. The number of nitrogens with zero attached hydrogens (tertiary/aromatic N) is 7. The van der Waals surface area contributed by atoms with E-state index in [-0.39, 0.29) is 5.56 Å². The summed E-state index contributed by atoms with van der Waals surface area (Å²) in [4.78, 5) is 26.1. The molecule has 0 atom stereocenters. The fourth-order valence-corrected chi connectivity index (χ4v) is 4.47. The molecule has 5 rings (SSSR count). The normalized spacial score (nSPS) is 17.5. The number of imidazole rings is 1. The zero-order chi connectivity index (χ0) is 21.0. The van der Waals surface area contributed by atoms with Gasteiger partial charge in [-0.25, -0.2) is 9.67 Å². The van der Waals surface area contributed by atoms with Crippen LogP contribution < -0.4 is 5.56 Å². The van der Waals surface area contributed by atoms with Crippen LogP contribution in [-0.2, 0) is 26.1 Å². The van der Waals surface area contributed by atoms with Gasteiger partial charge in [0.05, 0.1) is 17.9 Å². The van der Waals surface area contributed by atoms with Crippen molar-refractivity contribution in [3.05, 3.63) is 64.7 Å². The minimum Gasteiger partial charge on any atom is -0.335 e. The molecule has 1 fully saturated rings. The first-order valence-corrected chi connectivity index (χ1v) is 11.2. The molecule has 1 saturated heterocycles. The van der Waals surface area contributed by atoms with Gasteiger partial charge in [0.15, 0.2) is 0 Å². The molecule has 0 aromatic carbocycles. The molecule has 0 N–H and O–H groups in total. The van der Waals surface area contributed by atoms with E-state index < -0.39 is 0 Å². The van der Waals surface area contributed by atoms with E-state index in [0.29, 0.717) is 6.54 Å². The first-order chi connectivity index (χ1) is 15.2. The van der Waals surface area contributed by atoms with Gasteiger partial charge in [0.25, 0.3) is 5.56 Å². The quantitative estimate of drug-likeness (QED) is 0.605. The van der Waals surface area contributed by atoms with Gasteiger partial charge < -0.3 is 4.57 Å². The maximum atomic E-state index is 12.3. The van der Waals surface area contributed by atoms with Crippen molar-refractivity contribution in [2.24, 2.45) is 0 Å². The monoisotopic (exact) mass is 419 g/mol. The third-order valence-electron chi connectivity index (χ3n) is 6.28. The zero-order valence-electron chi connectivity index (χ0n) is 17.9. The van der Waals surface area contributed by atoms with Crippen LogP contribution in [-0.4, -0.2) is 66.8 Å². The van der Waals surface area contributed by atoms with Crippen LogP contribution in [0, 0.1) is 0 Å². The Bertz CT molecular complexity index is 1040. The highest BCUT2D eigenvalue weighted by atomic mass is 16.1. The van der Waals surface area contributed by atoms with E-state index in [2.05, 4.69) is 30.6 Å². The average molecular weight is 420 g/mol. The highest BCUT2D eigenvalue weighted by Crippen LogP contribution is 2.16. The second-order valence-electron chi connectivity index (χ2n) is 8.43. The Morgan fingerprint density at radius 2 is 1.68 bits per heavy atom. The van der Waals surface area contributed by atoms with E-state index >= 15 is 0 Å². The highest BCUT2D eigenvalue weighted by Gasteiger charge is 2.19. The van der Waals surface area contributed by atoms with Gasteiger partial charge in [-0.3, -0.25) is 19.6 Å². The lowest BCUT2D eigenvalue weighted by molar-refractivity contribution is 0.122. The Morgan fingerprint density at radius 1 is 0.871 bits per heavy atom. The standard InChI is InChI=1S/C23H29N7O/c31-23-5-4-21(19-6-8-24-9-7-19)26-30(23)16-15-27-11-13-28(14-12-27)17-20-18-29-10-2-1-3-22(29)25-20/h4-9,18H,1-3,10-17H2. The topological polar surface area (TPSA) is 72.1 Å². The SMILES string of the molecule is O=c1ccc(-c2ccncc2)nn1CCN1CCN(Cc2cn3c(n2)CCCC3)CC1. The fraction of sp³-hybridized carbons (Fsp3) is 0.478. The predicted octanol–water partition coefficient (Wildman–Crippen LogP) is 1.66. The highest BCUT2D eigenvalue weighted by molar-refractivity contribution is 5.56. The van der Waals surface area contributed by atoms with Crippen molar-refractivity contribution in [2.45, 2.75) is 38.9 Å². The Labute approximate surface area is 182 Å². The summed E-state index contributed by atoms with van der Waals surface area (Å²) >= 11 is 0. The molecule has 3 aromatic rings. The summed E-state index contributed by atoms with van der Waals surface area (Å²) in [5.74, 6) is 1.26. The molecular weight excluding hydrogens is 390 g/mol. The van der Waals surface area contributed by atoms with Crippen molar-refractivity contribution < 1.29 is 0 Å². The van der Waals surface area contributed by atoms with Gasteiger partial charge in [-0.2, -0.15) is 5.10 Å². The van der Waals surface area contributed by atoms with Gasteiger partial charge in [0.1, 0.15) is 5.82 Å². The van der Waals surface area contributed by atoms with Crippen molar-refractivity contribution in [3.8, 4) is 11.3 Å². The van der Waals surface area contributed by atoms with Crippen LogP contribution in [0.3, 0.4) is 0 Å². The van der Waals surface area contributed by atoms with Crippen LogP contribution in [0.25, 0.3) is 11.3 Å². The molecule has 8 nitrogen and oxygen atoms in total. The van der Waals surface area contributed by atoms with Crippen LogP contribution in [0.1, 0.15) is 24.4 Å². The van der Waals surface area contributed by atoms with Gasteiger partial charge in [-0.15, -0.1) is 0 Å². The van der Waals surface area contributed by atoms with E-state index in [4.69, 9.17) is 4.98 Å². The van der Waals surface area contributed by atoms with Gasteiger partial charge in [0.2, 0.25) is 0 Å². The molecule has 31 heavy (non-hydrogen) atoms. The minimum absolute atomic E-state index is 0.0554. The summed E-state index contributed by atoms with van der Waals surface area (Å²) in [6, 6.07) is 7.20. The predicted molar refractivity (Wildman–Crippen MR) is 119 cm³/mol. The van der Waals surface area contributed by atoms with E-state index in [9.17, 15) is 4.79 Å². The molecule has 0 aliphatic carbocycles. The Hall–Kier alpha value is -2.84. The number of fused-ring (bicyclic) bond motifs is 1. The molecule has 0 saturated carbocycles. The van der Waals surface area contributed by atoms with E-state index in [1.807, 2.05) is 12.1 Å². The molecule has 2 aliphatic rings. The van der Waals surface area contributed by atoms with Crippen LogP contribution >= 0.6 is 0 Å². The third-order valence-corrected chi connectivity index (χ3v) is 6.28. The summed E-state index contributed by atoms with van der Waals surface area (Å²) in [7, 11) is 0. The average Bonchev–Trinajstić information content (AvgIpc) is 3.22. The maximum absolute atomic E-state index is 12.3. The Balaban J connectivity index is 1.14. The molecule has 162 valence electrons. The molecule has 5 heterocycles. The number of aromatic nitrogens is 5. The smallest absolute Gasteiger partial charge is 0.266 e. The second-order valence-corrected chi connectivity index (χ2v) is 8.43. The number of hydrogen-bond acceptors (Lipinski definition) is 6. The van der Waals surface area contributed by atoms with E-state index in [1.54, 1.807) is 29.2 Å². The Kier molecular flexibility index (Phi) is 5.90. The number of aryl methyl sites for hydroxylation is 2. The lowest BCUT2D eigenvalue weighted by Crippen LogP contribution is -2.47. The Morgan fingerprint density at radius 3 is 2.48 bits per heavy atom. The molecule has 0 spiro atoms. The third kappa shape index (κ3) is 4.75. The van der Waals surface area contributed by atoms with Crippen LogP contribution in [0.15, 0.2) is 47.7 Å². The van der Waals surface area contributed by atoms with Crippen molar-refractivity contribution in [2.75, 3.05) is 32.7 Å². The van der Waals surface area contributed by atoms with Gasteiger partial charge in [-0.1, -0.05) is 0 Å². The molecule has 2 aliphatic heterocycles. The summed E-state index contributed by atoms with van der Waals surface area (Å²) in [5.41, 5.74) is 2.92. The number of pyridine rings is 1. The minimum atomic E-state index is -0.0554. The van der Waals surface area contributed by atoms with Gasteiger partial charge in [-0.05, 0) is 31.0 Å². The van der Waals surface area contributed by atoms with Crippen molar-refractivity contribution >= 4 is 0 Å². The largest absolute Gasteiger partial charge is 0.335 e. The summed E-state index contributed by atoms with van der Waals surface area (Å²) < 4.78 is 3.91. The molecular formula is C23H29N7O. The summed E-state index contributed by atoms with van der Waals surface area (Å²) in [5, 5.41) is 4.56. The van der Waals surface area contributed by atoms with E-state index in [1.165, 1.54) is 24.4 Å². The van der Waals surface area contributed by atoms with E-state index in [0.717, 1.165) is 63.5 Å². The van der Waals surface area contributed by atoms with Gasteiger partial charge >= 0.3 is 0 Å². The number of rotatable bonds is 6. The molecule has 0 radical (unpaired) electrons. The molecule has 0 amide bonds. The molecule has 3 aromatic heterocycles. The van der Waals surface area contributed by atoms with Crippen LogP contribution in [0.5, 0.6) is 0 Å². The van der Waals surface area contributed by atoms with Crippen molar-refractivity contribution in [1.29, 1.82) is 0 Å². The number of piperazine rings is 1. The molecule has 0 unspecified atom stereocenters. The van der Waals surface area contributed by atoms with Crippen LogP contribution in [0.2, 0.25) is 0 Å².